The van der Waals surface area contributed by atoms with Gasteiger partial charge in [-0.2, -0.15) is 0 Å². The van der Waals surface area contributed by atoms with Gasteiger partial charge in [0.15, 0.2) is 0 Å². The van der Waals surface area contributed by atoms with E-state index in [1.165, 1.54) is 13.2 Å². The number of aromatic amines is 1. The number of aliphatic carboxylic acids is 1. The number of carbonyl (C=O) groups is 1. The molecule has 0 fully saturated rings. The van der Waals surface area contributed by atoms with Crippen LogP contribution in [0.5, 0.6) is 5.75 Å². The molecule has 0 amide bonds. The highest BCUT2D eigenvalue weighted by Crippen LogP contribution is 2.26. The first-order valence-corrected chi connectivity index (χ1v) is 5.52. The molecular formula is C13H12N2O4. The van der Waals surface area contributed by atoms with Gasteiger partial charge < -0.3 is 14.8 Å². The molecule has 0 saturated carbocycles. The van der Waals surface area contributed by atoms with E-state index in [-0.39, 0.29) is 12.0 Å². The first-order valence-electron chi connectivity index (χ1n) is 5.52. The zero-order chi connectivity index (χ0) is 14.0. The van der Waals surface area contributed by atoms with E-state index in [0.29, 0.717) is 22.2 Å². The van der Waals surface area contributed by atoms with E-state index in [2.05, 4.69) is 4.98 Å². The van der Waals surface area contributed by atoms with Crippen molar-refractivity contribution in [2.24, 2.45) is 0 Å². The van der Waals surface area contributed by atoms with Gasteiger partial charge >= 0.3 is 5.97 Å². The number of ether oxygens (including phenoxy) is 1. The third kappa shape index (κ3) is 2.47. The standard InChI is InChI=1S/C13H12N2O4/c1-19-10-4-2-7(6-9(14)13(17)18)8-3-5-11(16)15-12(8)10/h2-5,14H,6H2,1H3,(H,15,16)(H,17,18). The summed E-state index contributed by atoms with van der Waals surface area (Å²) < 4.78 is 5.15. The average molecular weight is 260 g/mol. The molecule has 0 unspecified atom stereocenters. The van der Waals surface area contributed by atoms with Crippen LogP contribution < -0.4 is 10.3 Å². The SMILES string of the molecule is COc1ccc(CC(=N)C(=O)O)c2ccc(=O)[nH]c12. The van der Waals surface area contributed by atoms with E-state index in [1.807, 2.05) is 0 Å². The Hall–Kier alpha value is -2.63. The molecule has 0 aliphatic rings. The van der Waals surface area contributed by atoms with Crippen molar-refractivity contribution in [3.63, 3.8) is 0 Å². The second kappa shape index (κ2) is 4.93. The fourth-order valence-corrected chi connectivity index (χ4v) is 1.88. The van der Waals surface area contributed by atoms with Crippen molar-refractivity contribution in [1.82, 2.24) is 4.98 Å². The Bertz CT molecular complexity index is 718. The Kier molecular flexibility index (Phi) is 3.33. The van der Waals surface area contributed by atoms with Crippen LogP contribution in [0.1, 0.15) is 5.56 Å². The lowest BCUT2D eigenvalue weighted by molar-refractivity contribution is -0.129. The third-order valence-electron chi connectivity index (χ3n) is 2.79. The van der Waals surface area contributed by atoms with Crippen LogP contribution >= 0.6 is 0 Å². The van der Waals surface area contributed by atoms with Gasteiger partial charge in [0.2, 0.25) is 5.56 Å². The highest BCUT2D eigenvalue weighted by Gasteiger charge is 2.12. The van der Waals surface area contributed by atoms with Crippen LogP contribution in [0, 0.1) is 5.41 Å². The van der Waals surface area contributed by atoms with Crippen molar-refractivity contribution in [3.05, 3.63) is 40.2 Å². The van der Waals surface area contributed by atoms with Crippen LogP contribution in [-0.2, 0) is 11.2 Å². The number of nitrogens with one attached hydrogen (secondary N) is 2. The fourth-order valence-electron chi connectivity index (χ4n) is 1.88. The number of carboxylic acid groups (broad SMARTS) is 1. The molecule has 1 aromatic carbocycles. The normalized spacial score (nSPS) is 10.4. The number of pyridine rings is 1. The molecule has 1 heterocycles. The van der Waals surface area contributed by atoms with Gasteiger partial charge in [-0.25, -0.2) is 4.79 Å². The minimum Gasteiger partial charge on any atom is -0.495 e. The van der Waals surface area contributed by atoms with Gasteiger partial charge in [0.05, 0.1) is 12.6 Å². The van der Waals surface area contributed by atoms with Crippen molar-refractivity contribution >= 4 is 22.6 Å². The number of fused-ring (bicyclic) bond motifs is 1. The van der Waals surface area contributed by atoms with Crippen molar-refractivity contribution in [2.75, 3.05) is 7.11 Å². The lowest BCUT2D eigenvalue weighted by Gasteiger charge is -2.09. The highest BCUT2D eigenvalue weighted by molar-refractivity contribution is 6.34. The van der Waals surface area contributed by atoms with Crippen LogP contribution in [0.25, 0.3) is 10.9 Å². The number of methoxy groups -OCH3 is 1. The van der Waals surface area contributed by atoms with E-state index < -0.39 is 11.7 Å². The summed E-state index contributed by atoms with van der Waals surface area (Å²) in [7, 11) is 1.49. The molecule has 98 valence electrons. The number of carboxylic acids is 1. The average Bonchev–Trinajstić information content (AvgIpc) is 2.38. The molecule has 0 saturated heterocycles. The number of benzene rings is 1. The number of rotatable bonds is 4. The van der Waals surface area contributed by atoms with Gasteiger partial charge in [0.1, 0.15) is 11.5 Å². The molecule has 6 heteroatoms. The number of aromatic nitrogens is 1. The maximum Gasteiger partial charge on any atom is 0.349 e. The maximum atomic E-state index is 11.3. The molecule has 0 aliphatic heterocycles. The lowest BCUT2D eigenvalue weighted by Crippen LogP contribution is -2.15. The van der Waals surface area contributed by atoms with E-state index in [0.717, 1.165) is 0 Å². The van der Waals surface area contributed by atoms with Gasteiger partial charge in [-0.05, 0) is 17.7 Å². The summed E-state index contributed by atoms with van der Waals surface area (Å²) in [6.07, 6.45) is -0.0120. The molecule has 0 aliphatic carbocycles. The molecule has 3 N–H and O–H groups in total. The summed E-state index contributed by atoms with van der Waals surface area (Å²) >= 11 is 0. The molecule has 0 atom stereocenters. The van der Waals surface area contributed by atoms with Gasteiger partial charge in [-0.15, -0.1) is 0 Å². The van der Waals surface area contributed by atoms with Crippen molar-refractivity contribution in [3.8, 4) is 5.75 Å². The molecule has 2 aromatic rings. The molecular weight excluding hydrogens is 248 g/mol. The van der Waals surface area contributed by atoms with Crippen LogP contribution in [0.2, 0.25) is 0 Å². The van der Waals surface area contributed by atoms with E-state index >= 15 is 0 Å². The minimum atomic E-state index is -1.26. The maximum absolute atomic E-state index is 11.3. The molecule has 6 nitrogen and oxygen atoms in total. The molecule has 19 heavy (non-hydrogen) atoms. The Morgan fingerprint density at radius 1 is 1.37 bits per heavy atom. The Morgan fingerprint density at radius 3 is 2.74 bits per heavy atom. The number of hydrogen-bond acceptors (Lipinski definition) is 4. The zero-order valence-corrected chi connectivity index (χ0v) is 10.2. The predicted molar refractivity (Wildman–Crippen MR) is 70.2 cm³/mol. The fraction of sp³-hybridized carbons (Fsp3) is 0.154. The van der Waals surface area contributed by atoms with Crippen LogP contribution in [0.3, 0.4) is 0 Å². The molecule has 0 bridgehead atoms. The van der Waals surface area contributed by atoms with Gasteiger partial charge in [0, 0.05) is 17.9 Å². The van der Waals surface area contributed by atoms with E-state index in [4.69, 9.17) is 15.3 Å². The van der Waals surface area contributed by atoms with Gasteiger partial charge in [-0.3, -0.25) is 10.2 Å². The second-order valence-corrected chi connectivity index (χ2v) is 4.00. The Morgan fingerprint density at radius 2 is 2.11 bits per heavy atom. The first kappa shape index (κ1) is 12.8. The summed E-state index contributed by atoms with van der Waals surface area (Å²) in [5.41, 5.74) is 0.485. The van der Waals surface area contributed by atoms with Crippen molar-refractivity contribution in [2.45, 2.75) is 6.42 Å². The predicted octanol–water partition coefficient (Wildman–Crippen LogP) is 1.18. The second-order valence-electron chi connectivity index (χ2n) is 4.00. The highest BCUT2D eigenvalue weighted by atomic mass is 16.5. The van der Waals surface area contributed by atoms with Gasteiger partial charge in [-0.1, -0.05) is 6.07 Å². The largest absolute Gasteiger partial charge is 0.495 e. The topological polar surface area (TPSA) is 103 Å². The Labute approximate surface area is 108 Å². The van der Waals surface area contributed by atoms with E-state index in [1.54, 1.807) is 18.2 Å². The zero-order valence-electron chi connectivity index (χ0n) is 10.2. The Balaban J connectivity index is 2.61. The summed E-state index contributed by atoms with van der Waals surface area (Å²) in [6.45, 7) is 0. The summed E-state index contributed by atoms with van der Waals surface area (Å²) in [5, 5.41) is 16.8. The smallest absolute Gasteiger partial charge is 0.349 e. The lowest BCUT2D eigenvalue weighted by atomic mass is 10.0. The summed E-state index contributed by atoms with van der Waals surface area (Å²) in [5.74, 6) is -0.758. The van der Waals surface area contributed by atoms with Crippen LogP contribution in [0.4, 0.5) is 0 Å². The summed E-state index contributed by atoms with van der Waals surface area (Å²) in [4.78, 5) is 24.7. The van der Waals surface area contributed by atoms with E-state index in [9.17, 15) is 9.59 Å². The molecule has 2 rings (SSSR count). The van der Waals surface area contributed by atoms with Crippen molar-refractivity contribution in [1.29, 1.82) is 5.41 Å². The number of hydrogen-bond donors (Lipinski definition) is 3. The third-order valence-corrected chi connectivity index (χ3v) is 2.79. The molecule has 0 spiro atoms. The molecule has 1 aromatic heterocycles. The molecule has 0 radical (unpaired) electrons. The van der Waals surface area contributed by atoms with Crippen LogP contribution in [-0.4, -0.2) is 28.9 Å². The first-order chi connectivity index (χ1) is 9.02. The minimum absolute atomic E-state index is 0.0120. The van der Waals surface area contributed by atoms with Crippen molar-refractivity contribution < 1.29 is 14.6 Å². The summed E-state index contributed by atoms with van der Waals surface area (Å²) in [6, 6.07) is 6.29. The quantitative estimate of drug-likeness (QED) is 0.718. The van der Waals surface area contributed by atoms with Gasteiger partial charge in [0.25, 0.3) is 0 Å². The van der Waals surface area contributed by atoms with Crippen LogP contribution in [0.15, 0.2) is 29.1 Å². The number of H-pyrrole nitrogens is 1. The monoisotopic (exact) mass is 260 g/mol.